The summed E-state index contributed by atoms with van der Waals surface area (Å²) < 4.78 is 11.0. The minimum Gasteiger partial charge on any atom is -0.489 e. The Kier molecular flexibility index (Phi) is 7.18. The van der Waals surface area contributed by atoms with E-state index in [2.05, 4.69) is 6.58 Å². The Hall–Kier alpha value is -1.72. The minimum atomic E-state index is -0.540. The molecule has 1 saturated heterocycles. The predicted octanol–water partition coefficient (Wildman–Crippen LogP) is 5.39. The number of halogens is 2. The van der Waals surface area contributed by atoms with E-state index in [0.29, 0.717) is 47.3 Å². The van der Waals surface area contributed by atoms with Crippen molar-refractivity contribution < 1.29 is 19.1 Å². The molecule has 1 fully saturated rings. The van der Waals surface area contributed by atoms with Crippen molar-refractivity contribution in [2.45, 2.75) is 39.2 Å². The van der Waals surface area contributed by atoms with Crippen LogP contribution in [-0.2, 0) is 4.74 Å². The molecule has 1 amide bonds. The van der Waals surface area contributed by atoms with Crippen LogP contribution >= 0.6 is 23.2 Å². The van der Waals surface area contributed by atoms with Crippen molar-refractivity contribution in [2.75, 3.05) is 19.7 Å². The highest BCUT2D eigenvalue weighted by atomic mass is 35.5. The molecule has 1 aliphatic rings. The van der Waals surface area contributed by atoms with Crippen LogP contribution in [0.1, 0.15) is 44.0 Å². The van der Waals surface area contributed by atoms with E-state index >= 15 is 0 Å². The molecule has 0 bridgehead atoms. The molecule has 0 atom stereocenters. The van der Waals surface area contributed by atoms with Crippen LogP contribution in [0.25, 0.3) is 0 Å². The van der Waals surface area contributed by atoms with E-state index in [-0.39, 0.29) is 24.4 Å². The minimum absolute atomic E-state index is 0.0588. The molecule has 1 aromatic rings. The number of ketones is 1. The van der Waals surface area contributed by atoms with Gasteiger partial charge in [0.25, 0.3) is 0 Å². The van der Waals surface area contributed by atoms with Gasteiger partial charge in [-0.3, -0.25) is 4.79 Å². The van der Waals surface area contributed by atoms with E-state index in [4.69, 9.17) is 32.7 Å². The van der Waals surface area contributed by atoms with Crippen molar-refractivity contribution in [1.82, 2.24) is 4.90 Å². The van der Waals surface area contributed by atoms with E-state index in [9.17, 15) is 9.59 Å². The Bertz CT molecular complexity index is 719. The van der Waals surface area contributed by atoms with Crippen molar-refractivity contribution in [3.8, 4) is 5.75 Å². The van der Waals surface area contributed by atoms with Gasteiger partial charge in [-0.05, 0) is 39.7 Å². The lowest BCUT2D eigenvalue weighted by molar-refractivity contribution is 0.0182. The maximum atomic E-state index is 13.0. The Morgan fingerprint density at radius 2 is 1.81 bits per heavy atom. The van der Waals surface area contributed by atoms with Crippen LogP contribution in [0.5, 0.6) is 5.75 Å². The van der Waals surface area contributed by atoms with Crippen molar-refractivity contribution in [3.63, 3.8) is 0 Å². The largest absolute Gasteiger partial charge is 0.489 e. The molecule has 0 aliphatic carbocycles. The molecule has 0 aromatic heterocycles. The lowest BCUT2D eigenvalue weighted by atomic mass is 9.88. The highest BCUT2D eigenvalue weighted by Gasteiger charge is 2.31. The zero-order chi connectivity index (χ0) is 20.2. The van der Waals surface area contributed by atoms with E-state index < -0.39 is 5.60 Å². The number of piperidine rings is 1. The maximum Gasteiger partial charge on any atom is 0.410 e. The summed E-state index contributed by atoms with van der Waals surface area (Å²) in [4.78, 5) is 26.8. The number of hydrogen-bond acceptors (Lipinski definition) is 4. The molecule has 0 radical (unpaired) electrons. The summed E-state index contributed by atoms with van der Waals surface area (Å²) in [7, 11) is 0. The molecule has 148 valence electrons. The Labute approximate surface area is 170 Å². The summed E-state index contributed by atoms with van der Waals surface area (Å²) in [6.07, 6.45) is 2.35. The predicted molar refractivity (Wildman–Crippen MR) is 107 cm³/mol. The fourth-order valence-corrected chi connectivity index (χ4v) is 3.18. The average molecular weight is 414 g/mol. The normalized spacial score (nSPS) is 15.4. The first-order valence-electron chi connectivity index (χ1n) is 8.87. The molecule has 1 heterocycles. The van der Waals surface area contributed by atoms with Gasteiger partial charge in [-0.25, -0.2) is 4.79 Å². The second-order valence-electron chi connectivity index (χ2n) is 7.47. The van der Waals surface area contributed by atoms with Gasteiger partial charge in [0, 0.05) is 25.1 Å². The fourth-order valence-electron chi connectivity index (χ4n) is 2.86. The van der Waals surface area contributed by atoms with Gasteiger partial charge >= 0.3 is 6.09 Å². The number of nitrogens with zero attached hydrogens (tertiary/aromatic N) is 1. The van der Waals surface area contributed by atoms with E-state index in [1.165, 1.54) is 0 Å². The quantitative estimate of drug-likeness (QED) is 0.479. The highest BCUT2D eigenvalue weighted by molar-refractivity contribution is 6.42. The van der Waals surface area contributed by atoms with Crippen LogP contribution in [0.4, 0.5) is 4.79 Å². The molecule has 0 saturated carbocycles. The summed E-state index contributed by atoms with van der Waals surface area (Å²) in [5, 5.41) is 0.629. The van der Waals surface area contributed by atoms with Crippen LogP contribution in [0.3, 0.4) is 0 Å². The first-order valence-corrected chi connectivity index (χ1v) is 9.63. The molecule has 2 rings (SSSR count). The van der Waals surface area contributed by atoms with Gasteiger partial charge in [0.05, 0.1) is 15.6 Å². The van der Waals surface area contributed by atoms with Gasteiger partial charge in [0.2, 0.25) is 0 Å². The van der Waals surface area contributed by atoms with Crippen LogP contribution in [0.2, 0.25) is 10.0 Å². The number of carbonyl (C=O) groups excluding carboxylic acids is 2. The highest BCUT2D eigenvalue weighted by Crippen LogP contribution is 2.34. The van der Waals surface area contributed by atoms with Gasteiger partial charge in [-0.15, -0.1) is 0 Å². The third-order valence-electron chi connectivity index (χ3n) is 4.16. The molecule has 0 spiro atoms. The SMILES string of the molecule is C=CCOc1cc(Cl)c(Cl)cc1C(=O)C1CCN(C(=O)OC(C)(C)C)CC1. The van der Waals surface area contributed by atoms with Gasteiger partial charge in [-0.2, -0.15) is 0 Å². The third kappa shape index (κ3) is 5.88. The topological polar surface area (TPSA) is 55.8 Å². The second kappa shape index (κ2) is 8.98. The molecule has 5 nitrogen and oxygen atoms in total. The molecule has 0 unspecified atom stereocenters. The first kappa shape index (κ1) is 21.6. The zero-order valence-corrected chi connectivity index (χ0v) is 17.4. The van der Waals surface area contributed by atoms with Gasteiger partial charge in [0.1, 0.15) is 18.0 Å². The molecular formula is C20H25Cl2NO4. The third-order valence-corrected chi connectivity index (χ3v) is 4.88. The van der Waals surface area contributed by atoms with Gasteiger partial charge < -0.3 is 14.4 Å². The average Bonchev–Trinajstić information content (AvgIpc) is 2.60. The van der Waals surface area contributed by atoms with Crippen LogP contribution in [0, 0.1) is 5.92 Å². The number of rotatable bonds is 5. The van der Waals surface area contributed by atoms with Crippen molar-refractivity contribution in [1.29, 1.82) is 0 Å². The monoisotopic (exact) mass is 413 g/mol. The summed E-state index contributed by atoms with van der Waals surface area (Å²) >= 11 is 12.2. The number of amides is 1. The Morgan fingerprint density at radius 3 is 2.37 bits per heavy atom. The fraction of sp³-hybridized carbons (Fsp3) is 0.500. The van der Waals surface area contributed by atoms with Crippen molar-refractivity contribution >= 4 is 35.1 Å². The summed E-state index contributed by atoms with van der Waals surface area (Å²) in [6, 6.07) is 3.10. The number of likely N-dealkylation sites (tertiary alicyclic amines) is 1. The maximum absolute atomic E-state index is 13.0. The number of Topliss-reactive ketones (excluding diaryl/α,β-unsaturated/α-hetero) is 1. The van der Waals surface area contributed by atoms with Crippen LogP contribution in [0.15, 0.2) is 24.8 Å². The van der Waals surface area contributed by atoms with Crippen molar-refractivity contribution in [2.24, 2.45) is 5.92 Å². The number of benzene rings is 1. The molecule has 1 aliphatic heterocycles. The van der Waals surface area contributed by atoms with E-state index in [1.807, 2.05) is 20.8 Å². The molecule has 27 heavy (non-hydrogen) atoms. The molecule has 0 N–H and O–H groups in total. The first-order chi connectivity index (χ1) is 12.6. The molecular weight excluding hydrogens is 389 g/mol. The summed E-state index contributed by atoms with van der Waals surface area (Å²) in [5.41, 5.74) is -0.136. The van der Waals surface area contributed by atoms with Gasteiger partial charge in [-0.1, -0.05) is 35.9 Å². The van der Waals surface area contributed by atoms with E-state index in [1.54, 1.807) is 23.1 Å². The lowest BCUT2D eigenvalue weighted by Gasteiger charge is -2.33. The number of ether oxygens (including phenoxy) is 2. The standard InChI is InChI=1S/C20H25Cl2NO4/c1-5-10-26-17-12-16(22)15(21)11-14(17)18(24)13-6-8-23(9-7-13)19(25)27-20(2,3)4/h5,11-13H,1,6-10H2,2-4H3. The molecule has 7 heteroatoms. The molecule has 1 aromatic carbocycles. The van der Waals surface area contributed by atoms with Crippen molar-refractivity contribution in [3.05, 3.63) is 40.4 Å². The summed E-state index contributed by atoms with van der Waals surface area (Å²) in [5.74, 6) is 0.118. The van der Waals surface area contributed by atoms with Gasteiger partial charge in [0.15, 0.2) is 5.78 Å². The van der Waals surface area contributed by atoms with Crippen LogP contribution < -0.4 is 4.74 Å². The number of hydrogen-bond donors (Lipinski definition) is 0. The lowest BCUT2D eigenvalue weighted by Crippen LogP contribution is -2.43. The smallest absolute Gasteiger partial charge is 0.410 e. The van der Waals surface area contributed by atoms with Crippen LogP contribution in [-0.4, -0.2) is 42.1 Å². The Morgan fingerprint density at radius 1 is 1.22 bits per heavy atom. The van der Waals surface area contributed by atoms with E-state index in [0.717, 1.165) is 0 Å². The number of carbonyl (C=O) groups is 2. The zero-order valence-electron chi connectivity index (χ0n) is 15.9. The summed E-state index contributed by atoms with van der Waals surface area (Å²) in [6.45, 7) is 10.3. The Balaban J connectivity index is 2.08. The second-order valence-corrected chi connectivity index (χ2v) is 8.28.